The van der Waals surface area contributed by atoms with Crippen molar-refractivity contribution in [3.8, 4) is 0 Å². The highest BCUT2D eigenvalue weighted by Gasteiger charge is 2.29. The van der Waals surface area contributed by atoms with Crippen LogP contribution in [0.5, 0.6) is 0 Å². The van der Waals surface area contributed by atoms with Crippen molar-refractivity contribution < 1.29 is 19.1 Å². The number of esters is 1. The van der Waals surface area contributed by atoms with E-state index in [1.807, 2.05) is 0 Å². The number of amides is 1. The van der Waals surface area contributed by atoms with Crippen LogP contribution in [0.15, 0.2) is 23.9 Å². The Hall–Kier alpha value is -1.78. The molecule has 0 saturated carbocycles. The lowest BCUT2D eigenvalue weighted by atomic mass is 10.2. The average molecular weight is 253 g/mol. The highest BCUT2D eigenvalue weighted by atomic mass is 16.6. The van der Waals surface area contributed by atoms with Crippen LogP contribution in [0.2, 0.25) is 0 Å². The van der Waals surface area contributed by atoms with Crippen molar-refractivity contribution in [2.75, 3.05) is 13.2 Å². The van der Waals surface area contributed by atoms with Gasteiger partial charge in [-0.2, -0.15) is 0 Å². The van der Waals surface area contributed by atoms with E-state index in [9.17, 15) is 9.59 Å². The first-order valence-corrected chi connectivity index (χ1v) is 5.89. The van der Waals surface area contributed by atoms with E-state index >= 15 is 0 Å². The van der Waals surface area contributed by atoms with Gasteiger partial charge >= 0.3 is 12.1 Å². The summed E-state index contributed by atoms with van der Waals surface area (Å²) in [6, 6.07) is 0. The number of hydrogen-bond acceptors (Lipinski definition) is 4. The van der Waals surface area contributed by atoms with Gasteiger partial charge in [-0.15, -0.1) is 0 Å². The molecule has 5 nitrogen and oxygen atoms in total. The highest BCUT2D eigenvalue weighted by molar-refractivity contribution is 5.93. The van der Waals surface area contributed by atoms with Gasteiger partial charge in [0.25, 0.3) is 0 Å². The second-order valence-electron chi connectivity index (χ2n) is 4.79. The van der Waals surface area contributed by atoms with Crippen LogP contribution in [0.3, 0.4) is 0 Å². The Labute approximate surface area is 107 Å². The molecule has 1 rings (SSSR count). The minimum absolute atomic E-state index is 0.202. The van der Waals surface area contributed by atoms with Gasteiger partial charge in [0.05, 0.1) is 6.61 Å². The quantitative estimate of drug-likeness (QED) is 0.708. The molecule has 1 heterocycles. The molecule has 0 aliphatic carbocycles. The lowest BCUT2D eigenvalue weighted by Gasteiger charge is -2.28. The van der Waals surface area contributed by atoms with Gasteiger partial charge in [0.2, 0.25) is 0 Å². The number of nitrogens with zero attached hydrogens (tertiary/aromatic N) is 1. The van der Waals surface area contributed by atoms with Crippen LogP contribution in [0, 0.1) is 0 Å². The van der Waals surface area contributed by atoms with Gasteiger partial charge in [0, 0.05) is 6.54 Å². The summed E-state index contributed by atoms with van der Waals surface area (Å²) in [5.41, 5.74) is -0.397. The predicted molar refractivity (Wildman–Crippen MR) is 66.8 cm³/mol. The van der Waals surface area contributed by atoms with Crippen LogP contribution in [0.25, 0.3) is 0 Å². The van der Waals surface area contributed by atoms with Crippen LogP contribution < -0.4 is 0 Å². The molecule has 5 heteroatoms. The summed E-state index contributed by atoms with van der Waals surface area (Å²) in [5, 5.41) is 0. The van der Waals surface area contributed by atoms with Crippen molar-refractivity contribution in [3.63, 3.8) is 0 Å². The van der Waals surface area contributed by atoms with Crippen molar-refractivity contribution in [1.29, 1.82) is 0 Å². The fourth-order valence-corrected chi connectivity index (χ4v) is 1.39. The lowest BCUT2D eigenvalue weighted by Crippen LogP contribution is -2.39. The summed E-state index contributed by atoms with van der Waals surface area (Å²) in [4.78, 5) is 24.9. The fraction of sp³-hybridized carbons (Fsp3) is 0.538. The topological polar surface area (TPSA) is 55.8 Å². The zero-order valence-electron chi connectivity index (χ0n) is 11.2. The molecule has 1 amide bonds. The third kappa shape index (κ3) is 3.91. The van der Waals surface area contributed by atoms with Crippen LogP contribution in [0.1, 0.15) is 27.7 Å². The molecular formula is C13H19NO4. The van der Waals surface area contributed by atoms with Gasteiger partial charge in [-0.05, 0) is 33.8 Å². The summed E-state index contributed by atoms with van der Waals surface area (Å²) in [5.74, 6) is -0.521. The van der Waals surface area contributed by atoms with Gasteiger partial charge in [0.15, 0.2) is 0 Å². The minimum atomic E-state index is -0.599. The molecule has 1 aliphatic rings. The van der Waals surface area contributed by atoms with E-state index in [1.54, 1.807) is 45.9 Å². The molecule has 0 spiro atoms. The first kappa shape index (κ1) is 14.3. The second-order valence-corrected chi connectivity index (χ2v) is 4.79. The molecule has 0 atom stereocenters. The monoisotopic (exact) mass is 253 g/mol. The van der Waals surface area contributed by atoms with E-state index < -0.39 is 17.7 Å². The normalized spacial score (nSPS) is 15.1. The number of carbonyl (C=O) groups excluding carboxylic acids is 2. The smallest absolute Gasteiger partial charge is 0.415 e. The van der Waals surface area contributed by atoms with E-state index in [4.69, 9.17) is 9.47 Å². The molecule has 0 N–H and O–H groups in total. The summed E-state index contributed by atoms with van der Waals surface area (Å²) in [6.07, 6.45) is 4.48. The Bertz CT molecular complexity index is 390. The maximum atomic E-state index is 12.0. The van der Waals surface area contributed by atoms with Gasteiger partial charge in [0.1, 0.15) is 11.3 Å². The summed E-state index contributed by atoms with van der Waals surface area (Å²) < 4.78 is 10.1. The van der Waals surface area contributed by atoms with Crippen LogP contribution in [-0.4, -0.2) is 35.7 Å². The van der Waals surface area contributed by atoms with Gasteiger partial charge in [-0.25, -0.2) is 9.59 Å². The standard InChI is InChI=1S/C13H19NO4/c1-5-17-11(15)10-8-6-7-9-14(10)12(16)18-13(2,3)4/h6-8H,5,9H2,1-4H3. The molecule has 0 saturated heterocycles. The highest BCUT2D eigenvalue weighted by Crippen LogP contribution is 2.17. The molecule has 0 aromatic carbocycles. The molecular weight excluding hydrogens is 234 g/mol. The van der Waals surface area contributed by atoms with E-state index in [1.165, 1.54) is 4.90 Å². The van der Waals surface area contributed by atoms with Crippen molar-refractivity contribution in [2.45, 2.75) is 33.3 Å². The maximum absolute atomic E-state index is 12.0. The van der Waals surface area contributed by atoms with Crippen LogP contribution in [0.4, 0.5) is 4.79 Å². The van der Waals surface area contributed by atoms with Crippen molar-refractivity contribution in [2.24, 2.45) is 0 Å². The number of rotatable bonds is 2. The predicted octanol–water partition coefficient (Wildman–Crippen LogP) is 2.24. The zero-order chi connectivity index (χ0) is 13.8. The Morgan fingerprint density at radius 1 is 1.39 bits per heavy atom. The number of hydrogen-bond donors (Lipinski definition) is 0. The molecule has 0 unspecified atom stereocenters. The molecule has 18 heavy (non-hydrogen) atoms. The molecule has 0 aromatic rings. The van der Waals surface area contributed by atoms with Crippen molar-refractivity contribution in [3.05, 3.63) is 23.9 Å². The number of carbonyl (C=O) groups is 2. The first-order chi connectivity index (χ1) is 8.35. The number of allylic oxidation sites excluding steroid dienone is 2. The van der Waals surface area contributed by atoms with Crippen LogP contribution >= 0.6 is 0 Å². The fourth-order valence-electron chi connectivity index (χ4n) is 1.39. The van der Waals surface area contributed by atoms with Gasteiger partial charge in [-0.1, -0.05) is 12.2 Å². The van der Waals surface area contributed by atoms with E-state index in [0.29, 0.717) is 6.54 Å². The Kier molecular flexibility index (Phi) is 4.53. The third-order valence-electron chi connectivity index (χ3n) is 2.07. The SMILES string of the molecule is CCOC(=O)C1=CC=CCN1C(=O)OC(C)(C)C. The maximum Gasteiger partial charge on any atom is 0.415 e. The number of ether oxygens (including phenoxy) is 2. The molecule has 100 valence electrons. The van der Waals surface area contributed by atoms with Crippen molar-refractivity contribution in [1.82, 2.24) is 4.90 Å². The second kappa shape index (κ2) is 5.71. The van der Waals surface area contributed by atoms with Gasteiger partial charge < -0.3 is 9.47 Å². The first-order valence-electron chi connectivity index (χ1n) is 5.89. The average Bonchev–Trinajstić information content (AvgIpc) is 2.27. The molecule has 0 aromatic heterocycles. The summed E-state index contributed by atoms with van der Waals surface area (Å²) in [7, 11) is 0. The van der Waals surface area contributed by atoms with Crippen LogP contribution in [-0.2, 0) is 14.3 Å². The Morgan fingerprint density at radius 3 is 2.61 bits per heavy atom. The Morgan fingerprint density at radius 2 is 2.06 bits per heavy atom. The third-order valence-corrected chi connectivity index (χ3v) is 2.07. The van der Waals surface area contributed by atoms with Crippen molar-refractivity contribution >= 4 is 12.1 Å². The van der Waals surface area contributed by atoms with E-state index in [0.717, 1.165) is 0 Å². The van der Waals surface area contributed by atoms with Gasteiger partial charge in [-0.3, -0.25) is 4.90 Å². The van der Waals surface area contributed by atoms with E-state index in [2.05, 4.69) is 0 Å². The summed E-state index contributed by atoms with van der Waals surface area (Å²) in [6.45, 7) is 7.62. The molecule has 0 fully saturated rings. The molecule has 0 bridgehead atoms. The lowest BCUT2D eigenvalue weighted by molar-refractivity contribution is -0.140. The minimum Gasteiger partial charge on any atom is -0.461 e. The Balaban J connectivity index is 2.81. The zero-order valence-corrected chi connectivity index (χ0v) is 11.2. The molecule has 1 aliphatic heterocycles. The van der Waals surface area contributed by atoms with E-state index in [-0.39, 0.29) is 12.3 Å². The summed E-state index contributed by atoms with van der Waals surface area (Å²) >= 11 is 0. The molecule has 0 radical (unpaired) electrons. The largest absolute Gasteiger partial charge is 0.461 e.